The van der Waals surface area contributed by atoms with Crippen LogP contribution in [0.5, 0.6) is 0 Å². The molecule has 0 radical (unpaired) electrons. The Kier molecular flexibility index (Phi) is 4.69. The second-order valence-electron chi connectivity index (χ2n) is 4.14. The lowest BCUT2D eigenvalue weighted by molar-refractivity contribution is 0.0683. The summed E-state index contributed by atoms with van der Waals surface area (Å²) < 4.78 is 0.835. The van der Waals surface area contributed by atoms with Crippen LogP contribution in [0.3, 0.4) is 0 Å². The van der Waals surface area contributed by atoms with Crippen molar-refractivity contribution >= 4 is 39.0 Å². The van der Waals surface area contributed by atoms with E-state index in [1.807, 2.05) is 0 Å². The van der Waals surface area contributed by atoms with Crippen molar-refractivity contribution in [2.75, 3.05) is 0 Å². The van der Waals surface area contributed by atoms with Gasteiger partial charge in [0.05, 0.1) is 20.3 Å². The average Bonchev–Trinajstić information content (AvgIpc) is 2.85. The van der Waals surface area contributed by atoms with E-state index in [9.17, 15) is 14.7 Å². The van der Waals surface area contributed by atoms with Gasteiger partial charge in [0.25, 0.3) is 0 Å². The predicted molar refractivity (Wildman–Crippen MR) is 79.3 cm³/mol. The molecule has 104 valence electrons. The number of ketones is 1. The molecule has 0 aliphatic rings. The Morgan fingerprint density at radius 2 is 1.90 bits per heavy atom. The number of halogens is 1. The highest BCUT2D eigenvalue weighted by Gasteiger charge is 2.20. The number of aromatic carboxylic acids is 1. The highest BCUT2D eigenvalue weighted by Crippen LogP contribution is 2.27. The van der Waals surface area contributed by atoms with Crippen molar-refractivity contribution in [3.05, 3.63) is 56.2 Å². The zero-order valence-corrected chi connectivity index (χ0v) is 12.6. The van der Waals surface area contributed by atoms with Crippen LogP contribution < -0.4 is 0 Å². The van der Waals surface area contributed by atoms with Gasteiger partial charge in [-0.05, 0) is 39.7 Å². The number of Topliss-reactive ketones (excluding diaryl/α,β-unsaturated/α-hetero) is 1. The molecule has 0 amide bonds. The van der Waals surface area contributed by atoms with Gasteiger partial charge in [0.15, 0.2) is 5.78 Å². The van der Waals surface area contributed by atoms with Gasteiger partial charge in [-0.15, -0.1) is 11.3 Å². The highest BCUT2D eigenvalue weighted by molar-refractivity contribution is 9.11. The number of hydrogen-bond donors (Lipinski definition) is 2. The van der Waals surface area contributed by atoms with Crippen molar-refractivity contribution in [2.24, 2.45) is 0 Å². The lowest BCUT2D eigenvalue weighted by Crippen LogP contribution is -2.10. The van der Waals surface area contributed by atoms with E-state index in [4.69, 9.17) is 5.11 Å². The standard InChI is InChI=1S/C14H11BrO4S/c15-13-6-5-12(20-13)11(17)7-10(16)8-3-1-2-4-9(8)14(18)19/h1-6,10,16H,7H2,(H,18,19). The molecule has 1 aromatic heterocycles. The SMILES string of the molecule is O=C(CC(O)c1ccccc1C(=O)O)c1ccc(Br)s1. The molecule has 2 rings (SSSR count). The Balaban J connectivity index is 2.18. The Labute approximate surface area is 127 Å². The molecule has 0 saturated carbocycles. The van der Waals surface area contributed by atoms with Crippen molar-refractivity contribution in [2.45, 2.75) is 12.5 Å². The van der Waals surface area contributed by atoms with Crippen LogP contribution in [0, 0.1) is 0 Å². The molecule has 2 aromatic rings. The number of benzene rings is 1. The number of carboxylic acid groups (broad SMARTS) is 1. The summed E-state index contributed by atoms with van der Waals surface area (Å²) in [6.45, 7) is 0. The van der Waals surface area contributed by atoms with Gasteiger partial charge in [0.1, 0.15) is 0 Å². The first-order valence-corrected chi connectivity index (χ1v) is 7.39. The van der Waals surface area contributed by atoms with Crippen molar-refractivity contribution in [1.82, 2.24) is 0 Å². The molecule has 0 saturated heterocycles. The summed E-state index contributed by atoms with van der Waals surface area (Å²) in [7, 11) is 0. The molecular weight excluding hydrogens is 344 g/mol. The number of carboxylic acids is 1. The van der Waals surface area contributed by atoms with Gasteiger partial charge in [-0.3, -0.25) is 4.79 Å². The van der Waals surface area contributed by atoms with Crippen LogP contribution in [0.25, 0.3) is 0 Å². The summed E-state index contributed by atoms with van der Waals surface area (Å²) >= 11 is 4.55. The van der Waals surface area contributed by atoms with E-state index in [2.05, 4.69) is 15.9 Å². The van der Waals surface area contributed by atoms with Gasteiger partial charge in [-0.1, -0.05) is 18.2 Å². The van der Waals surface area contributed by atoms with Crippen LogP contribution in [0.1, 0.15) is 38.1 Å². The molecule has 0 spiro atoms. The van der Waals surface area contributed by atoms with Gasteiger partial charge in [-0.25, -0.2) is 4.79 Å². The van der Waals surface area contributed by atoms with Crippen molar-refractivity contribution in [1.29, 1.82) is 0 Å². The number of aliphatic hydroxyl groups excluding tert-OH is 1. The molecule has 0 fully saturated rings. The molecular formula is C14H11BrO4S. The van der Waals surface area contributed by atoms with Gasteiger partial charge in [-0.2, -0.15) is 0 Å². The molecule has 1 unspecified atom stereocenters. The number of hydrogen-bond acceptors (Lipinski definition) is 4. The van der Waals surface area contributed by atoms with Crippen LogP contribution in [-0.2, 0) is 0 Å². The van der Waals surface area contributed by atoms with E-state index < -0.39 is 12.1 Å². The van der Waals surface area contributed by atoms with Crippen molar-refractivity contribution in [3.8, 4) is 0 Å². The third-order valence-electron chi connectivity index (χ3n) is 2.78. The topological polar surface area (TPSA) is 74.6 Å². The molecule has 1 heterocycles. The van der Waals surface area contributed by atoms with Gasteiger partial charge < -0.3 is 10.2 Å². The number of carbonyl (C=O) groups excluding carboxylic acids is 1. The Hall–Kier alpha value is -1.50. The maximum Gasteiger partial charge on any atom is 0.336 e. The lowest BCUT2D eigenvalue weighted by Gasteiger charge is -2.12. The van der Waals surface area contributed by atoms with E-state index >= 15 is 0 Å². The van der Waals surface area contributed by atoms with Gasteiger partial charge >= 0.3 is 5.97 Å². The van der Waals surface area contributed by atoms with Gasteiger partial charge in [0.2, 0.25) is 0 Å². The summed E-state index contributed by atoms with van der Waals surface area (Å²) in [6.07, 6.45) is -1.27. The Morgan fingerprint density at radius 3 is 2.50 bits per heavy atom. The summed E-state index contributed by atoms with van der Waals surface area (Å²) in [5, 5.41) is 19.2. The van der Waals surface area contributed by atoms with Crippen molar-refractivity contribution < 1.29 is 19.8 Å². The van der Waals surface area contributed by atoms with E-state index in [0.717, 1.165) is 3.79 Å². The van der Waals surface area contributed by atoms with E-state index in [0.29, 0.717) is 4.88 Å². The molecule has 0 aliphatic heterocycles. The highest BCUT2D eigenvalue weighted by atomic mass is 79.9. The van der Waals surface area contributed by atoms with Gasteiger partial charge in [0, 0.05) is 6.42 Å². The molecule has 1 atom stereocenters. The minimum Gasteiger partial charge on any atom is -0.478 e. The second-order valence-corrected chi connectivity index (χ2v) is 6.60. The Bertz CT molecular complexity index is 650. The summed E-state index contributed by atoms with van der Waals surface area (Å²) in [5.74, 6) is -1.33. The normalized spacial score (nSPS) is 12.1. The third-order valence-corrected chi connectivity index (χ3v) is 4.44. The van der Waals surface area contributed by atoms with Crippen LogP contribution in [-0.4, -0.2) is 22.0 Å². The number of carbonyl (C=O) groups is 2. The van der Waals surface area contributed by atoms with E-state index in [1.54, 1.807) is 24.3 Å². The lowest BCUT2D eigenvalue weighted by atomic mass is 9.98. The number of aliphatic hydroxyl groups is 1. The summed E-state index contributed by atoms with van der Waals surface area (Å²) in [4.78, 5) is 23.6. The first-order chi connectivity index (χ1) is 9.49. The molecule has 0 aliphatic carbocycles. The van der Waals surface area contributed by atoms with Crippen LogP contribution >= 0.6 is 27.3 Å². The number of thiophene rings is 1. The Morgan fingerprint density at radius 1 is 1.20 bits per heavy atom. The van der Waals surface area contributed by atoms with Crippen LogP contribution in [0.2, 0.25) is 0 Å². The third kappa shape index (κ3) is 3.33. The maximum atomic E-state index is 12.0. The summed E-state index contributed by atoms with van der Waals surface area (Å²) in [5.41, 5.74) is 0.268. The van der Waals surface area contributed by atoms with Crippen molar-refractivity contribution in [3.63, 3.8) is 0 Å². The molecule has 0 bridgehead atoms. The molecule has 2 N–H and O–H groups in total. The molecule has 6 heteroatoms. The van der Waals surface area contributed by atoms with E-state index in [-0.39, 0.29) is 23.3 Å². The first kappa shape index (κ1) is 14.9. The largest absolute Gasteiger partial charge is 0.478 e. The fourth-order valence-electron chi connectivity index (χ4n) is 1.83. The fraction of sp³-hybridized carbons (Fsp3) is 0.143. The smallest absolute Gasteiger partial charge is 0.336 e. The molecule has 20 heavy (non-hydrogen) atoms. The zero-order chi connectivity index (χ0) is 14.7. The van der Waals surface area contributed by atoms with Crippen LogP contribution in [0.4, 0.5) is 0 Å². The van der Waals surface area contributed by atoms with Crippen LogP contribution in [0.15, 0.2) is 40.2 Å². The quantitative estimate of drug-likeness (QED) is 0.805. The second kappa shape index (κ2) is 6.30. The minimum atomic E-state index is -1.13. The monoisotopic (exact) mass is 354 g/mol. The average molecular weight is 355 g/mol. The fourth-order valence-corrected chi connectivity index (χ4v) is 3.17. The predicted octanol–water partition coefficient (Wildman–Crippen LogP) is 3.52. The molecule has 4 nitrogen and oxygen atoms in total. The minimum absolute atomic E-state index is 0.0140. The molecule has 1 aromatic carbocycles. The zero-order valence-electron chi connectivity index (χ0n) is 10.2. The maximum absolute atomic E-state index is 12.0. The number of rotatable bonds is 5. The summed E-state index contributed by atoms with van der Waals surface area (Å²) in [6, 6.07) is 9.58. The van der Waals surface area contributed by atoms with E-state index in [1.165, 1.54) is 23.5 Å². The first-order valence-electron chi connectivity index (χ1n) is 5.78.